The van der Waals surface area contributed by atoms with Crippen molar-refractivity contribution in [3.8, 4) is 0 Å². The van der Waals surface area contributed by atoms with Gasteiger partial charge < -0.3 is 4.42 Å². The molecule has 0 amide bonds. The van der Waals surface area contributed by atoms with Crippen LogP contribution in [0, 0.1) is 0 Å². The molecule has 1 radical (unpaired) electrons. The zero-order chi connectivity index (χ0) is 5.11. The average molecular weight is 97.1 g/mol. The van der Waals surface area contributed by atoms with Gasteiger partial charge in [-0.3, -0.25) is 0 Å². The third kappa shape index (κ3) is 0.707. The van der Waals surface area contributed by atoms with Gasteiger partial charge in [0.25, 0.3) is 0 Å². The van der Waals surface area contributed by atoms with Crippen molar-refractivity contribution >= 4 is 6.01 Å². The third-order valence-electron chi connectivity index (χ3n) is 0.611. The number of oxazole rings is 1. The fraction of sp³-hybridized carbons (Fsp3) is 0.250. The summed E-state index contributed by atoms with van der Waals surface area (Å²) in [5, 5.41) is 3.65. The highest BCUT2D eigenvalue weighted by Crippen LogP contribution is 1.97. The minimum absolute atomic E-state index is 0.431. The van der Waals surface area contributed by atoms with Crippen LogP contribution in [-0.2, 0) is 0 Å². The van der Waals surface area contributed by atoms with E-state index < -0.39 is 0 Å². The monoisotopic (exact) mass is 97.0 g/mol. The summed E-state index contributed by atoms with van der Waals surface area (Å²) < 4.78 is 4.70. The Labute approximate surface area is 41.4 Å². The lowest BCUT2D eigenvalue weighted by Gasteiger charge is -1.79. The van der Waals surface area contributed by atoms with Crippen molar-refractivity contribution < 1.29 is 4.42 Å². The molecule has 0 spiro atoms. The first-order valence-corrected chi connectivity index (χ1v) is 1.93. The van der Waals surface area contributed by atoms with Gasteiger partial charge in [0.1, 0.15) is 6.26 Å². The van der Waals surface area contributed by atoms with E-state index in [1.165, 1.54) is 6.26 Å². The van der Waals surface area contributed by atoms with Crippen LogP contribution < -0.4 is 5.32 Å². The molecular formula is C4H5N2O. The van der Waals surface area contributed by atoms with E-state index in [2.05, 4.69) is 10.3 Å². The molecule has 3 nitrogen and oxygen atoms in total. The van der Waals surface area contributed by atoms with Gasteiger partial charge in [0, 0.05) is 7.05 Å². The van der Waals surface area contributed by atoms with Crippen LogP contribution >= 0.6 is 0 Å². The molecule has 37 valence electrons. The molecule has 3 heteroatoms. The highest BCUT2D eigenvalue weighted by Gasteiger charge is 1.87. The molecule has 0 N–H and O–H groups in total. The highest BCUT2D eigenvalue weighted by atomic mass is 16.4. The quantitative estimate of drug-likeness (QED) is 0.513. The lowest BCUT2D eigenvalue weighted by molar-refractivity contribution is 0.542. The summed E-state index contributed by atoms with van der Waals surface area (Å²) >= 11 is 0. The van der Waals surface area contributed by atoms with Crippen molar-refractivity contribution in [2.75, 3.05) is 7.05 Å². The molecule has 0 saturated carbocycles. The first kappa shape index (κ1) is 4.18. The van der Waals surface area contributed by atoms with Crippen LogP contribution in [0.25, 0.3) is 0 Å². The Kier molecular flexibility index (Phi) is 0.978. The maximum absolute atomic E-state index is 4.70. The van der Waals surface area contributed by atoms with Gasteiger partial charge in [0.15, 0.2) is 0 Å². The van der Waals surface area contributed by atoms with E-state index >= 15 is 0 Å². The van der Waals surface area contributed by atoms with Crippen LogP contribution in [0.3, 0.4) is 0 Å². The zero-order valence-electron chi connectivity index (χ0n) is 3.96. The van der Waals surface area contributed by atoms with E-state index in [-0.39, 0.29) is 0 Å². The Balaban J connectivity index is 2.76. The van der Waals surface area contributed by atoms with Crippen molar-refractivity contribution in [3.63, 3.8) is 0 Å². The Morgan fingerprint density at radius 3 is 3.00 bits per heavy atom. The zero-order valence-corrected chi connectivity index (χ0v) is 3.96. The summed E-state index contributed by atoms with van der Waals surface area (Å²) in [6, 6.07) is 0.431. The highest BCUT2D eigenvalue weighted by molar-refractivity contribution is 5.02. The van der Waals surface area contributed by atoms with Crippen molar-refractivity contribution in [1.29, 1.82) is 0 Å². The Bertz CT molecular complexity index is 124. The van der Waals surface area contributed by atoms with E-state index in [1.807, 2.05) is 0 Å². The van der Waals surface area contributed by atoms with Gasteiger partial charge in [-0.15, -0.1) is 0 Å². The predicted octanol–water partition coefficient (Wildman–Crippen LogP) is 0.540. The Hall–Kier alpha value is -0.990. The third-order valence-corrected chi connectivity index (χ3v) is 0.611. The topological polar surface area (TPSA) is 40.1 Å². The first-order chi connectivity index (χ1) is 3.43. The minimum Gasteiger partial charge on any atom is -0.431 e. The average Bonchev–Trinajstić information content (AvgIpc) is 2.14. The van der Waals surface area contributed by atoms with Crippen molar-refractivity contribution in [1.82, 2.24) is 10.3 Å². The van der Waals surface area contributed by atoms with E-state index in [0.717, 1.165) is 0 Å². The van der Waals surface area contributed by atoms with Crippen LogP contribution in [0.15, 0.2) is 16.9 Å². The molecule has 0 aromatic carbocycles. The molecule has 0 unspecified atom stereocenters. The summed E-state index contributed by atoms with van der Waals surface area (Å²) in [4.78, 5) is 3.70. The normalized spacial score (nSPS) is 8.71. The first-order valence-electron chi connectivity index (χ1n) is 1.93. The van der Waals surface area contributed by atoms with Crippen molar-refractivity contribution in [3.05, 3.63) is 12.5 Å². The molecule has 0 fully saturated rings. The van der Waals surface area contributed by atoms with Crippen molar-refractivity contribution in [2.24, 2.45) is 0 Å². The van der Waals surface area contributed by atoms with Crippen LogP contribution in [0.2, 0.25) is 0 Å². The maximum Gasteiger partial charge on any atom is 0.316 e. The Morgan fingerprint density at radius 2 is 2.71 bits per heavy atom. The van der Waals surface area contributed by atoms with Gasteiger partial charge in [-0.25, -0.2) is 10.3 Å². The standard InChI is InChI=1S/C4H5N2O/c1-5-4-6-2-3-7-4/h2-3H,1H3. The SMILES string of the molecule is C[N]c1ncco1. The molecule has 0 aliphatic heterocycles. The fourth-order valence-electron chi connectivity index (χ4n) is 0.326. The number of aromatic nitrogens is 1. The van der Waals surface area contributed by atoms with Crippen LogP contribution in [0.4, 0.5) is 6.01 Å². The predicted molar refractivity (Wildman–Crippen MR) is 24.2 cm³/mol. The fourth-order valence-corrected chi connectivity index (χ4v) is 0.326. The summed E-state index contributed by atoms with van der Waals surface area (Å²) in [6.45, 7) is 0. The number of hydrogen-bond donors (Lipinski definition) is 0. The van der Waals surface area contributed by atoms with Gasteiger partial charge in [0.05, 0.1) is 6.20 Å². The largest absolute Gasteiger partial charge is 0.431 e. The molecule has 1 aromatic heterocycles. The molecule has 0 aliphatic carbocycles. The molecule has 0 atom stereocenters. The molecule has 0 saturated heterocycles. The summed E-state index contributed by atoms with van der Waals surface area (Å²) in [7, 11) is 1.63. The lowest BCUT2D eigenvalue weighted by Crippen LogP contribution is -1.83. The van der Waals surface area contributed by atoms with E-state index in [4.69, 9.17) is 4.42 Å². The van der Waals surface area contributed by atoms with E-state index in [9.17, 15) is 0 Å². The van der Waals surface area contributed by atoms with E-state index in [1.54, 1.807) is 13.2 Å². The summed E-state index contributed by atoms with van der Waals surface area (Å²) in [6.07, 6.45) is 3.05. The van der Waals surface area contributed by atoms with Gasteiger partial charge in [-0.2, -0.15) is 0 Å². The molecule has 0 bridgehead atoms. The van der Waals surface area contributed by atoms with Gasteiger partial charge in [0.2, 0.25) is 0 Å². The second-order valence-electron chi connectivity index (χ2n) is 1.04. The molecular weight excluding hydrogens is 92.1 g/mol. The summed E-state index contributed by atoms with van der Waals surface area (Å²) in [5.74, 6) is 0. The lowest BCUT2D eigenvalue weighted by atomic mass is 11.0. The number of nitrogens with zero attached hydrogens (tertiary/aromatic N) is 2. The van der Waals surface area contributed by atoms with Gasteiger partial charge in [-0.05, 0) is 0 Å². The molecule has 1 rings (SSSR count). The maximum atomic E-state index is 4.70. The molecule has 1 aromatic rings. The molecule has 1 heterocycles. The van der Waals surface area contributed by atoms with Crippen LogP contribution in [0.5, 0.6) is 0 Å². The van der Waals surface area contributed by atoms with Crippen LogP contribution in [-0.4, -0.2) is 12.0 Å². The smallest absolute Gasteiger partial charge is 0.316 e. The van der Waals surface area contributed by atoms with Crippen LogP contribution in [0.1, 0.15) is 0 Å². The van der Waals surface area contributed by atoms with Gasteiger partial charge in [-0.1, -0.05) is 0 Å². The number of hydrogen-bond acceptors (Lipinski definition) is 2. The molecule has 7 heavy (non-hydrogen) atoms. The van der Waals surface area contributed by atoms with Gasteiger partial charge >= 0.3 is 6.01 Å². The molecule has 0 aliphatic rings. The minimum atomic E-state index is 0.431. The number of rotatable bonds is 1. The Morgan fingerprint density at radius 1 is 1.86 bits per heavy atom. The van der Waals surface area contributed by atoms with Crippen molar-refractivity contribution in [2.45, 2.75) is 0 Å². The second-order valence-corrected chi connectivity index (χ2v) is 1.04. The van der Waals surface area contributed by atoms with E-state index in [0.29, 0.717) is 6.01 Å². The summed E-state index contributed by atoms with van der Waals surface area (Å²) in [5.41, 5.74) is 0. The second kappa shape index (κ2) is 1.64.